The van der Waals surface area contributed by atoms with Crippen molar-refractivity contribution in [1.29, 1.82) is 0 Å². The molecule has 0 saturated heterocycles. The summed E-state index contributed by atoms with van der Waals surface area (Å²) in [6, 6.07) is 7.83. The summed E-state index contributed by atoms with van der Waals surface area (Å²) in [5, 5.41) is 3.12. The van der Waals surface area contributed by atoms with Crippen LogP contribution in [-0.2, 0) is 0 Å². The number of halogens is 2. The van der Waals surface area contributed by atoms with E-state index in [4.69, 9.17) is 29.6 Å². The largest absolute Gasteiger partial charge is 0.388 e. The maximum absolute atomic E-state index is 13.0. The van der Waals surface area contributed by atoms with Gasteiger partial charge in [-0.25, -0.2) is 4.39 Å². The molecule has 1 heterocycles. The number of hydrogen-bond donors (Lipinski definition) is 2. The topological polar surface area (TPSA) is 50.9 Å². The molecule has 0 atom stereocenters. The number of rotatable bonds is 3. The lowest BCUT2D eigenvalue weighted by Gasteiger charge is -2.08. The van der Waals surface area contributed by atoms with E-state index in [2.05, 4.69) is 10.3 Å². The van der Waals surface area contributed by atoms with E-state index in [9.17, 15) is 4.39 Å². The van der Waals surface area contributed by atoms with E-state index in [0.717, 1.165) is 5.69 Å². The Morgan fingerprint density at radius 2 is 2.00 bits per heavy atom. The maximum atomic E-state index is 13.0. The van der Waals surface area contributed by atoms with Crippen LogP contribution in [0.15, 0.2) is 36.5 Å². The van der Waals surface area contributed by atoms with Gasteiger partial charge in [-0.2, -0.15) is 0 Å². The van der Waals surface area contributed by atoms with Crippen molar-refractivity contribution in [2.75, 3.05) is 5.32 Å². The van der Waals surface area contributed by atoms with Crippen molar-refractivity contribution in [3.05, 3.63) is 53.1 Å². The first kappa shape index (κ1) is 12.7. The smallest absolute Gasteiger partial charge is 0.141 e. The fourth-order valence-electron chi connectivity index (χ4n) is 1.38. The number of pyridine rings is 1. The second kappa shape index (κ2) is 5.29. The van der Waals surface area contributed by atoms with E-state index in [0.29, 0.717) is 11.4 Å². The van der Waals surface area contributed by atoms with Crippen LogP contribution in [0.5, 0.6) is 0 Å². The molecule has 0 spiro atoms. The molecule has 18 heavy (non-hydrogen) atoms. The minimum Gasteiger partial charge on any atom is -0.388 e. The van der Waals surface area contributed by atoms with E-state index in [1.54, 1.807) is 24.4 Å². The Balaban J connectivity index is 2.25. The monoisotopic (exact) mass is 281 g/mol. The highest BCUT2D eigenvalue weighted by atomic mass is 35.5. The summed E-state index contributed by atoms with van der Waals surface area (Å²) in [7, 11) is 0. The van der Waals surface area contributed by atoms with Crippen LogP contribution in [0.2, 0.25) is 5.02 Å². The molecule has 2 rings (SSSR count). The van der Waals surface area contributed by atoms with Crippen LogP contribution >= 0.6 is 23.8 Å². The molecular weight excluding hydrogens is 273 g/mol. The normalized spacial score (nSPS) is 10.1. The minimum atomic E-state index is -0.458. The third kappa shape index (κ3) is 2.94. The zero-order chi connectivity index (χ0) is 13.1. The number of aromatic nitrogens is 1. The highest BCUT2D eigenvalue weighted by Gasteiger charge is 2.03. The first-order valence-electron chi connectivity index (χ1n) is 5.04. The molecule has 0 saturated carbocycles. The predicted octanol–water partition coefficient (Wildman–Crippen LogP) is 3.25. The molecule has 3 N–H and O–H groups in total. The molecule has 0 fully saturated rings. The Bertz CT molecular complexity index is 604. The van der Waals surface area contributed by atoms with E-state index in [1.807, 2.05) is 0 Å². The van der Waals surface area contributed by atoms with Crippen molar-refractivity contribution >= 4 is 40.2 Å². The Hall–Kier alpha value is -1.72. The molecule has 0 radical (unpaired) electrons. The van der Waals surface area contributed by atoms with Gasteiger partial charge >= 0.3 is 0 Å². The molecule has 0 aliphatic rings. The lowest BCUT2D eigenvalue weighted by atomic mass is 10.2. The van der Waals surface area contributed by atoms with Gasteiger partial charge in [0.15, 0.2) is 0 Å². The Kier molecular flexibility index (Phi) is 3.74. The number of benzene rings is 1. The molecule has 2 aromatic rings. The first-order chi connectivity index (χ1) is 8.56. The van der Waals surface area contributed by atoms with Crippen molar-refractivity contribution in [3.8, 4) is 0 Å². The second-order valence-corrected chi connectivity index (χ2v) is 4.39. The van der Waals surface area contributed by atoms with Crippen LogP contribution in [0.1, 0.15) is 5.69 Å². The third-order valence-corrected chi connectivity index (χ3v) is 2.72. The standard InChI is InChI=1S/C12H9ClFN3S/c13-9-5-7(1-2-10(9)14)17-8-3-4-16-11(6-8)12(15)18/h1-6H,(H2,15,18)(H,16,17). The lowest BCUT2D eigenvalue weighted by molar-refractivity contribution is 0.628. The van der Waals surface area contributed by atoms with Gasteiger partial charge in [0.05, 0.1) is 10.7 Å². The third-order valence-electron chi connectivity index (χ3n) is 2.22. The zero-order valence-corrected chi connectivity index (χ0v) is 10.7. The number of thiocarbonyl (C=S) groups is 1. The van der Waals surface area contributed by atoms with Crippen LogP contribution in [0.4, 0.5) is 15.8 Å². The molecule has 1 aromatic carbocycles. The summed E-state index contributed by atoms with van der Waals surface area (Å²) in [6.07, 6.45) is 1.59. The van der Waals surface area contributed by atoms with Crippen LogP contribution in [0.3, 0.4) is 0 Å². The summed E-state index contributed by atoms with van der Waals surface area (Å²) < 4.78 is 13.0. The van der Waals surface area contributed by atoms with Gasteiger partial charge in [-0.15, -0.1) is 0 Å². The minimum absolute atomic E-state index is 0.0589. The molecule has 0 unspecified atom stereocenters. The Morgan fingerprint density at radius 3 is 2.67 bits per heavy atom. The predicted molar refractivity (Wildman–Crippen MR) is 74.8 cm³/mol. The lowest BCUT2D eigenvalue weighted by Crippen LogP contribution is -2.11. The van der Waals surface area contributed by atoms with Crippen molar-refractivity contribution in [1.82, 2.24) is 4.98 Å². The van der Waals surface area contributed by atoms with Gasteiger partial charge in [0, 0.05) is 17.6 Å². The van der Waals surface area contributed by atoms with Gasteiger partial charge in [-0.1, -0.05) is 23.8 Å². The fraction of sp³-hybridized carbons (Fsp3) is 0. The summed E-state index contributed by atoms with van der Waals surface area (Å²) in [5.41, 5.74) is 7.42. The molecule has 92 valence electrons. The average Bonchev–Trinajstić information content (AvgIpc) is 2.34. The van der Waals surface area contributed by atoms with Gasteiger partial charge < -0.3 is 11.1 Å². The number of nitrogens with one attached hydrogen (secondary N) is 1. The van der Waals surface area contributed by atoms with Crippen molar-refractivity contribution in [2.24, 2.45) is 5.73 Å². The maximum Gasteiger partial charge on any atom is 0.141 e. The van der Waals surface area contributed by atoms with Crippen LogP contribution in [0.25, 0.3) is 0 Å². The van der Waals surface area contributed by atoms with Gasteiger partial charge in [0.1, 0.15) is 10.8 Å². The molecule has 0 aliphatic heterocycles. The van der Waals surface area contributed by atoms with E-state index < -0.39 is 5.82 Å². The Morgan fingerprint density at radius 1 is 1.28 bits per heavy atom. The summed E-state index contributed by atoms with van der Waals surface area (Å²) >= 11 is 10.5. The Labute approximate surface area is 114 Å². The van der Waals surface area contributed by atoms with Gasteiger partial charge in [0.2, 0.25) is 0 Å². The van der Waals surface area contributed by atoms with E-state index in [1.165, 1.54) is 12.1 Å². The number of nitrogens with zero attached hydrogens (tertiary/aromatic N) is 1. The number of hydrogen-bond acceptors (Lipinski definition) is 3. The molecule has 6 heteroatoms. The van der Waals surface area contributed by atoms with Gasteiger partial charge in [0.25, 0.3) is 0 Å². The van der Waals surface area contributed by atoms with E-state index in [-0.39, 0.29) is 10.0 Å². The molecule has 1 aromatic heterocycles. The van der Waals surface area contributed by atoms with Crippen molar-refractivity contribution < 1.29 is 4.39 Å². The number of nitrogens with two attached hydrogens (primary N) is 1. The van der Waals surface area contributed by atoms with Crippen molar-refractivity contribution in [2.45, 2.75) is 0 Å². The molecule has 3 nitrogen and oxygen atoms in total. The fourth-order valence-corrected chi connectivity index (χ4v) is 1.68. The summed E-state index contributed by atoms with van der Waals surface area (Å²) in [4.78, 5) is 4.24. The van der Waals surface area contributed by atoms with Gasteiger partial charge in [-0.3, -0.25) is 4.98 Å². The number of anilines is 2. The molecule has 0 amide bonds. The second-order valence-electron chi connectivity index (χ2n) is 3.55. The van der Waals surface area contributed by atoms with Crippen LogP contribution < -0.4 is 11.1 Å². The summed E-state index contributed by atoms with van der Waals surface area (Å²) in [6.45, 7) is 0. The first-order valence-corrected chi connectivity index (χ1v) is 5.83. The highest BCUT2D eigenvalue weighted by Crippen LogP contribution is 2.22. The highest BCUT2D eigenvalue weighted by molar-refractivity contribution is 7.80. The molecular formula is C12H9ClFN3S. The van der Waals surface area contributed by atoms with Crippen LogP contribution in [0, 0.1) is 5.82 Å². The SMILES string of the molecule is NC(=S)c1cc(Nc2ccc(F)c(Cl)c2)ccn1. The van der Waals surface area contributed by atoms with Crippen LogP contribution in [-0.4, -0.2) is 9.97 Å². The quantitative estimate of drug-likeness (QED) is 0.848. The average molecular weight is 282 g/mol. The zero-order valence-electron chi connectivity index (χ0n) is 9.15. The summed E-state index contributed by atoms with van der Waals surface area (Å²) in [5.74, 6) is -0.458. The molecule has 0 bridgehead atoms. The van der Waals surface area contributed by atoms with E-state index >= 15 is 0 Å². The van der Waals surface area contributed by atoms with Gasteiger partial charge in [-0.05, 0) is 30.3 Å². The molecule has 0 aliphatic carbocycles. The van der Waals surface area contributed by atoms with Crippen molar-refractivity contribution in [3.63, 3.8) is 0 Å².